The van der Waals surface area contributed by atoms with Crippen molar-refractivity contribution < 1.29 is 14.3 Å². The molecule has 112 valence electrons. The molecule has 3 rings (SSSR count). The predicted octanol–water partition coefficient (Wildman–Crippen LogP) is 2.98. The van der Waals surface area contributed by atoms with Crippen molar-refractivity contribution in [2.24, 2.45) is 0 Å². The van der Waals surface area contributed by atoms with Gasteiger partial charge in [-0.2, -0.15) is 0 Å². The molecule has 1 unspecified atom stereocenters. The van der Waals surface area contributed by atoms with Gasteiger partial charge < -0.3 is 14.4 Å². The van der Waals surface area contributed by atoms with Gasteiger partial charge in [0.15, 0.2) is 0 Å². The molecule has 1 amide bonds. The van der Waals surface area contributed by atoms with Crippen molar-refractivity contribution in [1.82, 2.24) is 4.90 Å². The minimum atomic E-state index is -0.539. The Morgan fingerprint density at radius 3 is 2.86 bits per heavy atom. The monoisotopic (exact) mass is 287 g/mol. The van der Waals surface area contributed by atoms with Gasteiger partial charge in [0.2, 0.25) is 0 Å². The average Bonchev–Trinajstić information content (AvgIpc) is 2.99. The molecule has 4 nitrogen and oxygen atoms in total. The molecule has 0 saturated carbocycles. The van der Waals surface area contributed by atoms with Crippen molar-refractivity contribution in [1.29, 1.82) is 0 Å². The quantitative estimate of drug-likeness (QED) is 0.924. The second-order valence-electron chi connectivity index (χ2n) is 6.25. The normalized spacial score (nSPS) is 21.1. The number of hydrogen-bond acceptors (Lipinski definition) is 3. The summed E-state index contributed by atoms with van der Waals surface area (Å²) in [5.74, 6) is -0.0662. The number of aliphatic hydroxyl groups is 1. The summed E-state index contributed by atoms with van der Waals surface area (Å²) in [7, 11) is 0. The highest BCUT2D eigenvalue weighted by Crippen LogP contribution is 2.32. The number of likely N-dealkylation sites (tertiary alicyclic amines) is 1. The van der Waals surface area contributed by atoms with Crippen LogP contribution in [0.1, 0.15) is 43.1 Å². The Kier molecular flexibility index (Phi) is 3.29. The summed E-state index contributed by atoms with van der Waals surface area (Å²) in [4.78, 5) is 14.6. The fraction of sp³-hybridized carbons (Fsp3) is 0.471. The Morgan fingerprint density at radius 1 is 1.48 bits per heavy atom. The zero-order valence-corrected chi connectivity index (χ0v) is 12.7. The molecule has 0 bridgehead atoms. The van der Waals surface area contributed by atoms with Crippen LogP contribution in [0.4, 0.5) is 0 Å². The van der Waals surface area contributed by atoms with E-state index in [-0.39, 0.29) is 5.91 Å². The highest BCUT2D eigenvalue weighted by Gasteiger charge is 2.43. The molecule has 1 aliphatic heterocycles. The lowest BCUT2D eigenvalue weighted by Gasteiger charge is -2.33. The van der Waals surface area contributed by atoms with E-state index in [1.807, 2.05) is 32.0 Å². The lowest BCUT2D eigenvalue weighted by molar-refractivity contribution is 0.0395. The second-order valence-corrected chi connectivity index (χ2v) is 6.25. The van der Waals surface area contributed by atoms with E-state index in [0.29, 0.717) is 18.5 Å². The Hall–Kier alpha value is -1.81. The average molecular weight is 287 g/mol. The molecule has 1 aromatic carbocycles. The largest absolute Gasteiger partial charge is 0.463 e. The van der Waals surface area contributed by atoms with E-state index in [1.54, 1.807) is 4.90 Å². The van der Waals surface area contributed by atoms with Crippen LogP contribution in [0.3, 0.4) is 0 Å². The molecular weight excluding hydrogens is 266 g/mol. The van der Waals surface area contributed by atoms with Crippen LogP contribution in [0.15, 0.2) is 28.9 Å². The van der Waals surface area contributed by atoms with E-state index in [9.17, 15) is 9.90 Å². The van der Waals surface area contributed by atoms with Crippen molar-refractivity contribution in [2.45, 2.75) is 45.3 Å². The van der Waals surface area contributed by atoms with Gasteiger partial charge in [0.1, 0.15) is 11.8 Å². The first kappa shape index (κ1) is 14.1. The molecule has 2 heterocycles. The maximum absolute atomic E-state index is 12.8. The fourth-order valence-corrected chi connectivity index (χ4v) is 3.04. The van der Waals surface area contributed by atoms with Gasteiger partial charge in [-0.3, -0.25) is 4.79 Å². The summed E-state index contributed by atoms with van der Waals surface area (Å²) >= 11 is 0. The van der Waals surface area contributed by atoms with Crippen molar-refractivity contribution in [3.05, 3.63) is 35.6 Å². The first-order valence-corrected chi connectivity index (χ1v) is 7.45. The van der Waals surface area contributed by atoms with Crippen molar-refractivity contribution in [2.75, 3.05) is 6.54 Å². The lowest BCUT2D eigenvalue weighted by Crippen LogP contribution is -2.48. The molecule has 4 heteroatoms. The number of nitrogens with zero attached hydrogens (tertiary/aromatic N) is 1. The van der Waals surface area contributed by atoms with Crippen LogP contribution in [0.2, 0.25) is 0 Å². The van der Waals surface area contributed by atoms with Gasteiger partial charge in [-0.1, -0.05) is 13.0 Å². The van der Waals surface area contributed by atoms with Crippen LogP contribution in [0.5, 0.6) is 0 Å². The van der Waals surface area contributed by atoms with Gasteiger partial charge in [-0.15, -0.1) is 0 Å². The molecular formula is C17H21NO3. The number of benzene rings is 1. The number of fused-ring (bicyclic) bond motifs is 1. The molecule has 1 saturated heterocycles. The van der Waals surface area contributed by atoms with E-state index in [2.05, 4.69) is 6.92 Å². The Labute approximate surface area is 124 Å². The van der Waals surface area contributed by atoms with Gasteiger partial charge in [-0.25, -0.2) is 0 Å². The van der Waals surface area contributed by atoms with E-state index in [0.717, 1.165) is 17.4 Å². The second kappa shape index (κ2) is 4.88. The summed E-state index contributed by atoms with van der Waals surface area (Å²) in [6.45, 7) is 6.47. The van der Waals surface area contributed by atoms with Gasteiger partial charge in [0.25, 0.3) is 5.91 Å². The number of aliphatic hydroxyl groups excluding tert-OH is 1. The van der Waals surface area contributed by atoms with Gasteiger partial charge >= 0.3 is 0 Å². The molecule has 2 aromatic rings. The highest BCUT2D eigenvalue weighted by atomic mass is 16.3. The van der Waals surface area contributed by atoms with Crippen molar-refractivity contribution >= 4 is 16.9 Å². The van der Waals surface area contributed by atoms with Crippen molar-refractivity contribution in [3.8, 4) is 0 Å². The summed E-state index contributed by atoms with van der Waals surface area (Å²) < 4.78 is 5.51. The SMILES string of the molecule is CCc1ccc2occ(C(=O)N3CCC(O)C3(C)C)c2c1. The van der Waals surface area contributed by atoms with Crippen LogP contribution < -0.4 is 0 Å². The van der Waals surface area contributed by atoms with Crippen LogP contribution in [-0.2, 0) is 6.42 Å². The summed E-state index contributed by atoms with van der Waals surface area (Å²) in [5.41, 5.74) is 1.96. The summed E-state index contributed by atoms with van der Waals surface area (Å²) in [6, 6.07) is 5.95. The minimum absolute atomic E-state index is 0.0662. The van der Waals surface area contributed by atoms with Crippen LogP contribution in [0, 0.1) is 0 Å². The topological polar surface area (TPSA) is 53.7 Å². The fourth-order valence-electron chi connectivity index (χ4n) is 3.04. The maximum Gasteiger partial charge on any atom is 0.258 e. The first-order chi connectivity index (χ1) is 9.95. The standard InChI is InChI=1S/C17H21NO3/c1-4-11-5-6-14-12(9-11)13(10-21-14)16(20)18-8-7-15(19)17(18,2)3/h5-6,9-10,15,19H,4,7-8H2,1-3H3. The predicted molar refractivity (Wildman–Crippen MR) is 81.3 cm³/mol. The van der Waals surface area contributed by atoms with E-state index >= 15 is 0 Å². The minimum Gasteiger partial charge on any atom is -0.463 e. The number of rotatable bonds is 2. The van der Waals surface area contributed by atoms with E-state index in [1.165, 1.54) is 11.8 Å². The number of aryl methyl sites for hydroxylation is 1. The molecule has 1 fully saturated rings. The van der Waals surface area contributed by atoms with E-state index < -0.39 is 11.6 Å². The van der Waals surface area contributed by atoms with Crippen molar-refractivity contribution in [3.63, 3.8) is 0 Å². The van der Waals surface area contributed by atoms with E-state index in [4.69, 9.17) is 4.42 Å². The van der Waals surface area contributed by atoms with Crippen LogP contribution in [0.25, 0.3) is 11.0 Å². The number of hydrogen-bond donors (Lipinski definition) is 1. The number of amides is 1. The number of carbonyl (C=O) groups is 1. The number of carbonyl (C=O) groups excluding carboxylic acids is 1. The molecule has 1 aliphatic rings. The third-order valence-electron chi connectivity index (χ3n) is 4.66. The van der Waals surface area contributed by atoms with Crippen LogP contribution in [-0.4, -0.2) is 34.1 Å². The first-order valence-electron chi connectivity index (χ1n) is 7.45. The summed E-state index contributed by atoms with van der Waals surface area (Å²) in [5, 5.41) is 10.9. The van der Waals surface area contributed by atoms with Gasteiger partial charge in [0, 0.05) is 11.9 Å². The maximum atomic E-state index is 12.8. The Bertz CT molecular complexity index is 686. The molecule has 0 radical (unpaired) electrons. The van der Waals surface area contributed by atoms with Crippen LogP contribution >= 0.6 is 0 Å². The molecule has 1 N–H and O–H groups in total. The zero-order chi connectivity index (χ0) is 15.2. The molecule has 1 atom stereocenters. The molecule has 1 aromatic heterocycles. The zero-order valence-electron chi connectivity index (χ0n) is 12.7. The highest BCUT2D eigenvalue weighted by molar-refractivity contribution is 6.06. The number of furan rings is 1. The molecule has 0 spiro atoms. The Morgan fingerprint density at radius 2 is 2.24 bits per heavy atom. The van der Waals surface area contributed by atoms with Gasteiger partial charge in [-0.05, 0) is 44.4 Å². The molecule has 0 aliphatic carbocycles. The molecule has 21 heavy (non-hydrogen) atoms. The smallest absolute Gasteiger partial charge is 0.258 e. The summed E-state index contributed by atoms with van der Waals surface area (Å²) in [6.07, 6.45) is 2.59. The Balaban J connectivity index is 2.02. The lowest BCUT2D eigenvalue weighted by atomic mass is 9.98. The van der Waals surface area contributed by atoms with Gasteiger partial charge in [0.05, 0.1) is 17.2 Å². The third-order valence-corrected chi connectivity index (χ3v) is 4.66. The third kappa shape index (κ3) is 2.14.